The zero-order valence-corrected chi connectivity index (χ0v) is 10.0. The van der Waals surface area contributed by atoms with E-state index in [1.807, 2.05) is 0 Å². The van der Waals surface area contributed by atoms with Crippen molar-refractivity contribution in [2.24, 2.45) is 11.1 Å². The van der Waals surface area contributed by atoms with Crippen LogP contribution in [0.15, 0.2) is 0 Å². The predicted molar refractivity (Wildman–Crippen MR) is 62.5 cm³/mol. The summed E-state index contributed by atoms with van der Waals surface area (Å²) in [7, 11) is 0. The van der Waals surface area contributed by atoms with Gasteiger partial charge in [-0.3, -0.25) is 4.79 Å². The minimum atomic E-state index is -0.195. The Morgan fingerprint density at radius 2 is 2.13 bits per heavy atom. The summed E-state index contributed by atoms with van der Waals surface area (Å²) in [5.74, 6) is 0.175. The highest BCUT2D eigenvalue weighted by Gasteiger charge is 2.48. The Balaban J connectivity index is 2.20. The second-order valence-electron chi connectivity index (χ2n) is 4.85. The van der Waals surface area contributed by atoms with E-state index in [1.165, 1.54) is 19.3 Å². The third-order valence-corrected chi connectivity index (χ3v) is 3.34. The monoisotopic (exact) mass is 212 g/mol. The van der Waals surface area contributed by atoms with Gasteiger partial charge in [-0.05, 0) is 26.2 Å². The van der Waals surface area contributed by atoms with Crippen LogP contribution in [-0.4, -0.2) is 18.5 Å². The summed E-state index contributed by atoms with van der Waals surface area (Å²) >= 11 is 0. The van der Waals surface area contributed by atoms with Crippen molar-refractivity contribution < 1.29 is 4.79 Å². The number of nitrogens with one attached hydrogen (secondary N) is 1. The topological polar surface area (TPSA) is 55.1 Å². The number of nitrogens with two attached hydrogens (primary N) is 1. The summed E-state index contributed by atoms with van der Waals surface area (Å²) in [5.41, 5.74) is 5.41. The van der Waals surface area contributed by atoms with Crippen LogP contribution in [0.1, 0.15) is 52.4 Å². The molecular weight excluding hydrogens is 188 g/mol. The number of carbonyl (C=O) groups excluding carboxylic acids is 1. The lowest BCUT2D eigenvalue weighted by Crippen LogP contribution is -2.41. The highest BCUT2D eigenvalue weighted by molar-refractivity contribution is 5.85. The van der Waals surface area contributed by atoms with Gasteiger partial charge < -0.3 is 11.1 Å². The first-order valence-corrected chi connectivity index (χ1v) is 6.15. The minimum Gasteiger partial charge on any atom is -0.353 e. The van der Waals surface area contributed by atoms with Crippen LogP contribution in [-0.2, 0) is 4.79 Å². The summed E-state index contributed by atoms with van der Waals surface area (Å²) < 4.78 is 0. The standard InChI is InChI=1S/C12H24N2O/c1-3-4-5-6-10(2)14-11(15)12(9-13)7-8-12/h10H,3-9,13H2,1-2H3,(H,14,15). The first-order valence-electron chi connectivity index (χ1n) is 6.15. The van der Waals surface area contributed by atoms with E-state index in [4.69, 9.17) is 5.73 Å². The van der Waals surface area contributed by atoms with Crippen LogP contribution in [0.5, 0.6) is 0 Å². The number of amides is 1. The van der Waals surface area contributed by atoms with Crippen LogP contribution in [0.3, 0.4) is 0 Å². The fourth-order valence-electron chi connectivity index (χ4n) is 1.82. The molecule has 1 fully saturated rings. The molecule has 0 heterocycles. The van der Waals surface area contributed by atoms with Crippen LogP contribution in [0.2, 0.25) is 0 Å². The van der Waals surface area contributed by atoms with Crippen molar-refractivity contribution in [1.82, 2.24) is 5.32 Å². The lowest BCUT2D eigenvalue weighted by molar-refractivity contribution is -0.126. The molecular formula is C12H24N2O. The van der Waals surface area contributed by atoms with Gasteiger partial charge in [-0.25, -0.2) is 0 Å². The van der Waals surface area contributed by atoms with E-state index in [2.05, 4.69) is 19.2 Å². The molecule has 1 unspecified atom stereocenters. The van der Waals surface area contributed by atoms with Gasteiger partial charge >= 0.3 is 0 Å². The Morgan fingerprint density at radius 3 is 2.60 bits per heavy atom. The molecule has 0 radical (unpaired) electrons. The van der Waals surface area contributed by atoms with Gasteiger partial charge in [0, 0.05) is 12.6 Å². The molecule has 3 heteroatoms. The van der Waals surface area contributed by atoms with Crippen molar-refractivity contribution in [3.63, 3.8) is 0 Å². The Morgan fingerprint density at radius 1 is 1.47 bits per heavy atom. The van der Waals surface area contributed by atoms with Gasteiger partial charge in [0.1, 0.15) is 0 Å². The van der Waals surface area contributed by atoms with Gasteiger partial charge in [0.25, 0.3) is 0 Å². The Hall–Kier alpha value is -0.570. The summed E-state index contributed by atoms with van der Waals surface area (Å²) in [5, 5.41) is 3.07. The maximum Gasteiger partial charge on any atom is 0.227 e. The maximum atomic E-state index is 11.8. The van der Waals surface area contributed by atoms with E-state index in [0.29, 0.717) is 12.6 Å². The molecule has 15 heavy (non-hydrogen) atoms. The minimum absolute atomic E-state index is 0.175. The first-order chi connectivity index (χ1) is 7.14. The molecule has 3 N–H and O–H groups in total. The quantitative estimate of drug-likeness (QED) is 0.632. The van der Waals surface area contributed by atoms with Crippen molar-refractivity contribution in [3.05, 3.63) is 0 Å². The Labute approximate surface area is 92.8 Å². The van der Waals surface area contributed by atoms with Gasteiger partial charge in [-0.1, -0.05) is 26.2 Å². The van der Waals surface area contributed by atoms with Crippen LogP contribution < -0.4 is 11.1 Å². The van der Waals surface area contributed by atoms with Crippen LogP contribution in [0.4, 0.5) is 0 Å². The highest BCUT2D eigenvalue weighted by atomic mass is 16.2. The maximum absolute atomic E-state index is 11.8. The molecule has 1 amide bonds. The van der Waals surface area contributed by atoms with Crippen LogP contribution in [0.25, 0.3) is 0 Å². The third-order valence-electron chi connectivity index (χ3n) is 3.34. The SMILES string of the molecule is CCCCCC(C)NC(=O)C1(CN)CC1. The van der Waals surface area contributed by atoms with E-state index < -0.39 is 0 Å². The molecule has 0 aromatic carbocycles. The van der Waals surface area contributed by atoms with Gasteiger partial charge in [0.15, 0.2) is 0 Å². The third kappa shape index (κ3) is 3.49. The summed E-state index contributed by atoms with van der Waals surface area (Å²) in [6, 6.07) is 0.299. The van der Waals surface area contributed by atoms with Crippen molar-refractivity contribution in [2.75, 3.05) is 6.54 Å². The van der Waals surface area contributed by atoms with E-state index in [1.54, 1.807) is 0 Å². The van der Waals surface area contributed by atoms with Crippen LogP contribution >= 0.6 is 0 Å². The average molecular weight is 212 g/mol. The molecule has 0 bridgehead atoms. The first kappa shape index (κ1) is 12.5. The number of unbranched alkanes of at least 4 members (excludes halogenated alkanes) is 2. The molecule has 1 aliphatic carbocycles. The smallest absolute Gasteiger partial charge is 0.227 e. The van der Waals surface area contributed by atoms with Crippen molar-refractivity contribution in [2.45, 2.75) is 58.4 Å². The highest BCUT2D eigenvalue weighted by Crippen LogP contribution is 2.44. The van der Waals surface area contributed by atoms with Gasteiger partial charge in [0.05, 0.1) is 5.41 Å². The number of rotatable bonds is 7. The zero-order valence-electron chi connectivity index (χ0n) is 10.0. The fraction of sp³-hybridized carbons (Fsp3) is 0.917. The van der Waals surface area contributed by atoms with Crippen molar-refractivity contribution in [1.29, 1.82) is 0 Å². The molecule has 0 aliphatic heterocycles. The zero-order chi connectivity index (χ0) is 11.3. The second kappa shape index (κ2) is 5.50. The van der Waals surface area contributed by atoms with Crippen molar-refractivity contribution >= 4 is 5.91 Å². The summed E-state index contributed by atoms with van der Waals surface area (Å²) in [4.78, 5) is 11.8. The second-order valence-corrected chi connectivity index (χ2v) is 4.85. The number of carbonyl (C=O) groups is 1. The van der Waals surface area contributed by atoms with E-state index >= 15 is 0 Å². The van der Waals surface area contributed by atoms with Gasteiger partial charge in [0.2, 0.25) is 5.91 Å². The lowest BCUT2D eigenvalue weighted by Gasteiger charge is -2.18. The number of hydrogen-bond donors (Lipinski definition) is 2. The van der Waals surface area contributed by atoms with Crippen LogP contribution in [0, 0.1) is 5.41 Å². The summed E-state index contributed by atoms with van der Waals surface area (Å²) in [6.07, 6.45) is 6.71. The lowest BCUT2D eigenvalue weighted by atomic mass is 10.0. The molecule has 1 saturated carbocycles. The molecule has 3 nitrogen and oxygen atoms in total. The molecule has 0 aromatic heterocycles. The molecule has 88 valence electrons. The molecule has 0 spiro atoms. The van der Waals surface area contributed by atoms with E-state index in [0.717, 1.165) is 19.3 Å². The van der Waals surface area contributed by atoms with E-state index in [9.17, 15) is 4.79 Å². The molecule has 0 aromatic rings. The average Bonchev–Trinajstić information content (AvgIpc) is 2.98. The Kier molecular flexibility index (Phi) is 4.58. The van der Waals surface area contributed by atoms with Crippen molar-refractivity contribution in [3.8, 4) is 0 Å². The van der Waals surface area contributed by atoms with Gasteiger partial charge in [-0.15, -0.1) is 0 Å². The molecule has 1 rings (SSSR count). The molecule has 1 aliphatic rings. The predicted octanol–water partition coefficient (Wildman–Crippen LogP) is 1.81. The fourth-order valence-corrected chi connectivity index (χ4v) is 1.82. The normalized spacial score (nSPS) is 19.7. The summed E-state index contributed by atoms with van der Waals surface area (Å²) in [6.45, 7) is 4.78. The van der Waals surface area contributed by atoms with Gasteiger partial charge in [-0.2, -0.15) is 0 Å². The number of hydrogen-bond acceptors (Lipinski definition) is 2. The van der Waals surface area contributed by atoms with E-state index in [-0.39, 0.29) is 11.3 Å². The Bertz CT molecular complexity index is 212. The largest absolute Gasteiger partial charge is 0.353 e. The molecule has 0 saturated heterocycles. The molecule has 1 atom stereocenters.